The van der Waals surface area contributed by atoms with E-state index < -0.39 is 0 Å². The van der Waals surface area contributed by atoms with Crippen LogP contribution in [0.25, 0.3) is 0 Å². The molecule has 1 N–H and O–H groups in total. The van der Waals surface area contributed by atoms with Crippen LogP contribution in [0, 0.1) is 0 Å². The second-order valence-corrected chi connectivity index (χ2v) is 4.69. The number of hydrogen-bond acceptors (Lipinski definition) is 3. The number of rotatable bonds is 5. The molecule has 0 radical (unpaired) electrons. The first-order chi connectivity index (χ1) is 7.63. The summed E-state index contributed by atoms with van der Waals surface area (Å²) >= 11 is 0. The molecule has 4 heteroatoms. The normalized spacial score (nSPS) is 22.4. The maximum Gasteiger partial charge on any atom is 0.250 e. The molecule has 1 heterocycles. The van der Waals surface area contributed by atoms with E-state index >= 15 is 0 Å². The van der Waals surface area contributed by atoms with Crippen LogP contribution < -0.4 is 5.48 Å². The van der Waals surface area contributed by atoms with Crippen molar-refractivity contribution in [1.29, 1.82) is 0 Å². The smallest absolute Gasteiger partial charge is 0.250 e. The van der Waals surface area contributed by atoms with Crippen molar-refractivity contribution in [2.75, 3.05) is 20.2 Å². The molecular weight excluding hydrogens is 204 g/mol. The zero-order valence-corrected chi connectivity index (χ0v) is 10.3. The van der Waals surface area contributed by atoms with E-state index in [0.29, 0.717) is 0 Å². The molecule has 1 aliphatic carbocycles. The Morgan fingerprint density at radius 1 is 1.44 bits per heavy atom. The van der Waals surface area contributed by atoms with Gasteiger partial charge >= 0.3 is 0 Å². The summed E-state index contributed by atoms with van der Waals surface area (Å²) in [5.41, 5.74) is 5.16. The van der Waals surface area contributed by atoms with E-state index in [-0.39, 0.29) is 11.4 Å². The van der Waals surface area contributed by atoms with Gasteiger partial charge in [0.05, 0.1) is 12.6 Å². The Labute approximate surface area is 96.6 Å². The van der Waals surface area contributed by atoms with Crippen molar-refractivity contribution in [1.82, 2.24) is 10.4 Å². The average molecular weight is 224 g/mol. The minimum absolute atomic E-state index is 0.105. The van der Waals surface area contributed by atoms with Crippen molar-refractivity contribution in [3.8, 4) is 0 Å². The van der Waals surface area contributed by atoms with Crippen molar-refractivity contribution in [2.45, 2.75) is 38.6 Å². The van der Waals surface area contributed by atoms with Crippen molar-refractivity contribution in [2.24, 2.45) is 0 Å². The summed E-state index contributed by atoms with van der Waals surface area (Å²) in [7, 11) is 1.61. The fraction of sp³-hybridized carbons (Fsp3) is 0.750. The molecule has 0 aromatic heterocycles. The van der Waals surface area contributed by atoms with E-state index in [9.17, 15) is 4.79 Å². The SMILES string of the molecule is CONCCCN1C(=O)C(C)=C(C)C12CC2. The molecule has 0 unspecified atom stereocenters. The van der Waals surface area contributed by atoms with E-state index in [0.717, 1.165) is 37.9 Å². The first-order valence-corrected chi connectivity index (χ1v) is 5.89. The number of nitrogens with zero attached hydrogens (tertiary/aromatic N) is 1. The standard InChI is InChI=1S/C12H20N2O2/c1-9-10(2)12(5-6-12)14(11(9)15)8-4-7-13-16-3/h13H,4-8H2,1-3H3. The van der Waals surface area contributed by atoms with Gasteiger partial charge in [0, 0.05) is 18.7 Å². The molecule has 0 aromatic rings. The fourth-order valence-corrected chi connectivity index (χ4v) is 2.60. The van der Waals surface area contributed by atoms with Crippen LogP contribution in [0.1, 0.15) is 33.1 Å². The van der Waals surface area contributed by atoms with E-state index in [4.69, 9.17) is 4.84 Å². The van der Waals surface area contributed by atoms with Gasteiger partial charge in [-0.25, -0.2) is 5.48 Å². The molecule has 1 aliphatic heterocycles. The number of carbonyl (C=O) groups excluding carboxylic acids is 1. The molecule has 1 fully saturated rings. The third kappa shape index (κ3) is 1.66. The molecule has 2 rings (SSSR count). The molecule has 4 nitrogen and oxygen atoms in total. The van der Waals surface area contributed by atoms with Gasteiger partial charge in [0.1, 0.15) is 0 Å². The minimum Gasteiger partial charge on any atom is -0.329 e. The maximum absolute atomic E-state index is 12.1. The van der Waals surface area contributed by atoms with Crippen LogP contribution in [0.3, 0.4) is 0 Å². The second kappa shape index (κ2) is 4.18. The Hall–Kier alpha value is -0.870. The summed E-state index contributed by atoms with van der Waals surface area (Å²) in [5, 5.41) is 0. The minimum atomic E-state index is 0.105. The lowest BCUT2D eigenvalue weighted by molar-refractivity contribution is -0.127. The highest BCUT2D eigenvalue weighted by Crippen LogP contribution is 2.52. The number of hydrogen-bond donors (Lipinski definition) is 1. The third-order valence-electron chi connectivity index (χ3n) is 3.87. The monoisotopic (exact) mass is 224 g/mol. The Balaban J connectivity index is 1.94. The molecule has 0 bridgehead atoms. The lowest BCUT2D eigenvalue weighted by Crippen LogP contribution is -2.38. The Kier molecular flexibility index (Phi) is 3.04. The number of carbonyl (C=O) groups is 1. The summed E-state index contributed by atoms with van der Waals surface area (Å²) < 4.78 is 0. The van der Waals surface area contributed by atoms with Crippen molar-refractivity contribution < 1.29 is 9.63 Å². The van der Waals surface area contributed by atoms with Crippen molar-refractivity contribution in [3.63, 3.8) is 0 Å². The van der Waals surface area contributed by atoms with Crippen LogP contribution in [-0.2, 0) is 9.63 Å². The first-order valence-electron chi connectivity index (χ1n) is 5.89. The predicted octanol–water partition coefficient (Wildman–Crippen LogP) is 1.24. The van der Waals surface area contributed by atoms with E-state index in [2.05, 4.69) is 17.3 Å². The Bertz CT molecular complexity index is 332. The van der Waals surface area contributed by atoms with Gasteiger partial charge in [-0.05, 0) is 38.7 Å². The Morgan fingerprint density at radius 2 is 2.12 bits per heavy atom. The van der Waals surface area contributed by atoms with Gasteiger partial charge in [0.25, 0.3) is 0 Å². The highest BCUT2D eigenvalue weighted by Gasteiger charge is 2.56. The van der Waals surface area contributed by atoms with Gasteiger partial charge in [-0.2, -0.15) is 0 Å². The van der Waals surface area contributed by atoms with Crippen LogP contribution >= 0.6 is 0 Å². The summed E-state index contributed by atoms with van der Waals surface area (Å²) in [6, 6.07) is 0. The lowest BCUT2D eigenvalue weighted by atomic mass is 10.1. The van der Waals surface area contributed by atoms with Crippen LogP contribution in [-0.4, -0.2) is 36.5 Å². The molecule has 16 heavy (non-hydrogen) atoms. The zero-order chi connectivity index (χ0) is 11.8. The highest BCUT2D eigenvalue weighted by molar-refractivity contribution is 5.98. The summed E-state index contributed by atoms with van der Waals surface area (Å²) in [5.74, 6) is 0.229. The van der Waals surface area contributed by atoms with Crippen LogP contribution in [0.4, 0.5) is 0 Å². The highest BCUT2D eigenvalue weighted by atomic mass is 16.6. The lowest BCUT2D eigenvalue weighted by Gasteiger charge is -2.26. The van der Waals surface area contributed by atoms with E-state index in [1.54, 1.807) is 7.11 Å². The second-order valence-electron chi connectivity index (χ2n) is 4.69. The van der Waals surface area contributed by atoms with Gasteiger partial charge in [-0.15, -0.1) is 0 Å². The largest absolute Gasteiger partial charge is 0.329 e. The molecule has 1 amide bonds. The van der Waals surface area contributed by atoms with Gasteiger partial charge in [0.15, 0.2) is 0 Å². The topological polar surface area (TPSA) is 41.6 Å². The molecule has 90 valence electrons. The summed E-state index contributed by atoms with van der Waals surface area (Å²) in [4.78, 5) is 18.9. The fourth-order valence-electron chi connectivity index (χ4n) is 2.60. The molecule has 0 atom stereocenters. The number of hydroxylamine groups is 1. The molecule has 0 saturated heterocycles. The van der Waals surface area contributed by atoms with Crippen LogP contribution in [0.5, 0.6) is 0 Å². The van der Waals surface area contributed by atoms with Crippen molar-refractivity contribution in [3.05, 3.63) is 11.1 Å². The van der Waals surface area contributed by atoms with Crippen molar-refractivity contribution >= 4 is 5.91 Å². The molecule has 2 aliphatic rings. The van der Waals surface area contributed by atoms with E-state index in [1.165, 1.54) is 5.57 Å². The molecule has 1 spiro atoms. The quantitative estimate of drug-likeness (QED) is 0.564. The average Bonchev–Trinajstić information content (AvgIpc) is 3.04. The van der Waals surface area contributed by atoms with Gasteiger partial charge in [-0.3, -0.25) is 4.79 Å². The van der Waals surface area contributed by atoms with Gasteiger partial charge in [-0.1, -0.05) is 0 Å². The first kappa shape index (κ1) is 11.6. The number of amides is 1. The third-order valence-corrected chi connectivity index (χ3v) is 3.87. The zero-order valence-electron chi connectivity index (χ0n) is 10.3. The van der Waals surface area contributed by atoms with Gasteiger partial charge in [0.2, 0.25) is 5.91 Å². The molecular formula is C12H20N2O2. The summed E-state index contributed by atoms with van der Waals surface area (Å²) in [6.45, 7) is 5.66. The molecule has 1 saturated carbocycles. The summed E-state index contributed by atoms with van der Waals surface area (Å²) in [6.07, 6.45) is 3.21. The maximum atomic E-state index is 12.1. The predicted molar refractivity (Wildman–Crippen MR) is 61.7 cm³/mol. The molecule has 0 aromatic carbocycles. The van der Waals surface area contributed by atoms with E-state index in [1.807, 2.05) is 6.92 Å². The Morgan fingerprint density at radius 3 is 2.69 bits per heavy atom. The van der Waals surface area contributed by atoms with Crippen LogP contribution in [0.2, 0.25) is 0 Å². The van der Waals surface area contributed by atoms with Gasteiger partial charge < -0.3 is 9.74 Å². The van der Waals surface area contributed by atoms with Crippen LogP contribution in [0.15, 0.2) is 11.1 Å². The number of nitrogens with one attached hydrogen (secondary N) is 1.